The van der Waals surface area contributed by atoms with Crippen LogP contribution in [0, 0.1) is 24.0 Å². The average molecular weight is 440 g/mol. The zero-order valence-corrected chi connectivity index (χ0v) is 18.6. The maximum absolute atomic E-state index is 12.4. The molecule has 0 saturated carbocycles. The number of benzene rings is 2. The fourth-order valence-electron chi connectivity index (χ4n) is 3.29. The Kier molecular flexibility index (Phi) is 7.12. The van der Waals surface area contributed by atoms with E-state index in [4.69, 9.17) is 0 Å². The van der Waals surface area contributed by atoms with Gasteiger partial charge >= 0.3 is 0 Å². The summed E-state index contributed by atoms with van der Waals surface area (Å²) in [6, 6.07) is 10.9. The first-order valence-electron chi connectivity index (χ1n) is 10.0. The molecule has 0 N–H and O–H groups in total. The Bertz CT molecular complexity index is 1040. The van der Waals surface area contributed by atoms with Crippen molar-refractivity contribution in [3.05, 3.63) is 69.3 Å². The summed E-state index contributed by atoms with van der Waals surface area (Å²) in [4.78, 5) is 39.9. The fraction of sp³-hybridized carbons (Fsp3) is 0.304. The van der Waals surface area contributed by atoms with Crippen LogP contribution in [0.5, 0.6) is 0 Å². The molecule has 7 nitrogen and oxygen atoms in total. The molecule has 8 heteroatoms. The minimum absolute atomic E-state index is 0.00731. The van der Waals surface area contributed by atoms with Gasteiger partial charge in [-0.3, -0.25) is 19.7 Å². The summed E-state index contributed by atoms with van der Waals surface area (Å²) in [5.41, 5.74) is 2.90. The predicted octanol–water partition coefficient (Wildman–Crippen LogP) is 4.07. The highest BCUT2D eigenvalue weighted by atomic mass is 32.2. The zero-order valence-electron chi connectivity index (χ0n) is 17.8. The summed E-state index contributed by atoms with van der Waals surface area (Å²) >= 11 is 1.35. The summed E-state index contributed by atoms with van der Waals surface area (Å²) in [6.07, 6.45) is 3.02. The molecule has 1 saturated heterocycles. The molecule has 162 valence electrons. The van der Waals surface area contributed by atoms with E-state index < -0.39 is 4.92 Å². The number of hydrogen-bond acceptors (Lipinski definition) is 5. The van der Waals surface area contributed by atoms with E-state index in [1.807, 2.05) is 32.0 Å². The van der Waals surface area contributed by atoms with Gasteiger partial charge in [0.05, 0.1) is 9.82 Å². The number of rotatable bonds is 5. The van der Waals surface area contributed by atoms with Crippen LogP contribution >= 0.6 is 11.8 Å². The molecule has 0 aliphatic carbocycles. The summed E-state index contributed by atoms with van der Waals surface area (Å²) in [5, 5.41) is 11.6. The molecule has 1 aliphatic heterocycles. The van der Waals surface area contributed by atoms with Gasteiger partial charge in [-0.15, -0.1) is 0 Å². The summed E-state index contributed by atoms with van der Waals surface area (Å²) < 4.78 is 0. The Balaban J connectivity index is 1.71. The van der Waals surface area contributed by atoms with Crippen LogP contribution in [-0.2, 0) is 9.59 Å². The second kappa shape index (κ2) is 9.78. The maximum atomic E-state index is 12.4. The lowest BCUT2D eigenvalue weighted by molar-refractivity contribution is -0.387. The second-order valence-electron chi connectivity index (χ2n) is 7.50. The van der Waals surface area contributed by atoms with E-state index in [-0.39, 0.29) is 17.5 Å². The Morgan fingerprint density at radius 3 is 2.29 bits per heavy atom. The van der Waals surface area contributed by atoms with Crippen LogP contribution in [-0.4, -0.2) is 52.7 Å². The van der Waals surface area contributed by atoms with Crippen molar-refractivity contribution < 1.29 is 14.5 Å². The quantitative estimate of drug-likeness (QED) is 0.398. The van der Waals surface area contributed by atoms with Crippen molar-refractivity contribution >= 4 is 35.3 Å². The van der Waals surface area contributed by atoms with Crippen LogP contribution in [0.1, 0.15) is 23.6 Å². The summed E-state index contributed by atoms with van der Waals surface area (Å²) in [6.45, 7) is 7.56. The smallest absolute Gasteiger partial charge is 0.283 e. The van der Waals surface area contributed by atoms with Gasteiger partial charge < -0.3 is 9.80 Å². The third-order valence-electron chi connectivity index (χ3n) is 5.34. The molecule has 2 amide bonds. The number of nitro groups is 1. The number of carbonyl (C=O) groups excluding carboxylic acids is 2. The van der Waals surface area contributed by atoms with E-state index in [1.54, 1.807) is 28.0 Å². The molecule has 3 rings (SSSR count). The normalized spacial score (nSPS) is 14.2. The summed E-state index contributed by atoms with van der Waals surface area (Å²) in [5.74, 6) is -0.159. The van der Waals surface area contributed by atoms with E-state index in [0.29, 0.717) is 36.6 Å². The van der Waals surface area contributed by atoms with E-state index >= 15 is 0 Å². The van der Waals surface area contributed by atoms with Gasteiger partial charge in [-0.05, 0) is 54.8 Å². The van der Waals surface area contributed by atoms with E-state index in [2.05, 4.69) is 0 Å². The fourth-order valence-corrected chi connectivity index (χ4v) is 4.29. The SMILES string of the molecule is CC(=O)N1CCN(C(=O)/C=C/c2ccc(Sc3ccc(C)c(C)c3)c([N+](=O)[O-])c2)CC1. The molecule has 0 atom stereocenters. The Labute approximate surface area is 185 Å². The van der Waals surface area contributed by atoms with Crippen LogP contribution in [0.15, 0.2) is 52.3 Å². The van der Waals surface area contributed by atoms with Gasteiger partial charge in [0.2, 0.25) is 11.8 Å². The molecular formula is C23H25N3O4S. The third-order valence-corrected chi connectivity index (χ3v) is 6.40. The Hall–Kier alpha value is -3.13. The molecule has 0 aromatic heterocycles. The highest BCUT2D eigenvalue weighted by molar-refractivity contribution is 7.99. The standard InChI is InChI=1S/C23H25N3O4S/c1-16-4-7-20(14-17(16)2)31-22-8-5-19(15-21(22)26(29)30)6-9-23(28)25-12-10-24(11-13-25)18(3)27/h4-9,14-15H,10-13H2,1-3H3/b9-6+. The first kappa shape index (κ1) is 22.6. The Morgan fingerprint density at radius 1 is 1.00 bits per heavy atom. The second-order valence-corrected chi connectivity index (χ2v) is 8.61. The first-order valence-corrected chi connectivity index (χ1v) is 10.8. The molecule has 1 aliphatic rings. The minimum atomic E-state index is -0.399. The van der Waals surface area contributed by atoms with Crippen LogP contribution in [0.3, 0.4) is 0 Å². The lowest BCUT2D eigenvalue weighted by Gasteiger charge is -2.33. The lowest BCUT2D eigenvalue weighted by Crippen LogP contribution is -2.49. The molecule has 0 radical (unpaired) electrons. The minimum Gasteiger partial charge on any atom is -0.339 e. The number of nitro benzene ring substituents is 1. The van der Waals surface area contributed by atoms with Gasteiger partial charge in [-0.1, -0.05) is 23.9 Å². The topological polar surface area (TPSA) is 83.8 Å². The van der Waals surface area contributed by atoms with Crippen LogP contribution in [0.2, 0.25) is 0 Å². The number of carbonyl (C=O) groups is 2. The average Bonchev–Trinajstić information content (AvgIpc) is 2.75. The van der Waals surface area contributed by atoms with E-state index in [9.17, 15) is 19.7 Å². The summed E-state index contributed by atoms with van der Waals surface area (Å²) in [7, 11) is 0. The predicted molar refractivity (Wildman–Crippen MR) is 121 cm³/mol. The molecular weight excluding hydrogens is 414 g/mol. The van der Waals surface area contributed by atoms with E-state index in [1.165, 1.54) is 36.4 Å². The zero-order chi connectivity index (χ0) is 22.5. The lowest BCUT2D eigenvalue weighted by atomic mass is 10.1. The van der Waals surface area contributed by atoms with Crippen LogP contribution < -0.4 is 0 Å². The van der Waals surface area contributed by atoms with Gasteiger partial charge in [-0.2, -0.15) is 0 Å². The Morgan fingerprint density at radius 2 is 1.68 bits per heavy atom. The first-order chi connectivity index (χ1) is 14.7. The number of aryl methyl sites for hydroxylation is 2. The van der Waals surface area contributed by atoms with Gasteiger partial charge in [-0.25, -0.2) is 0 Å². The highest BCUT2D eigenvalue weighted by Crippen LogP contribution is 2.36. The molecule has 0 bridgehead atoms. The van der Waals surface area contributed by atoms with Crippen molar-refractivity contribution in [2.45, 2.75) is 30.6 Å². The number of amides is 2. The van der Waals surface area contributed by atoms with Gasteiger partial charge in [0.1, 0.15) is 0 Å². The van der Waals surface area contributed by atoms with Crippen molar-refractivity contribution in [1.29, 1.82) is 0 Å². The molecule has 0 spiro atoms. The van der Waals surface area contributed by atoms with Gasteiger partial charge in [0, 0.05) is 50.1 Å². The molecule has 2 aromatic rings. The highest BCUT2D eigenvalue weighted by Gasteiger charge is 2.21. The molecule has 0 unspecified atom stereocenters. The number of piperazine rings is 1. The monoisotopic (exact) mass is 439 g/mol. The third kappa shape index (κ3) is 5.73. The van der Waals surface area contributed by atoms with Crippen molar-refractivity contribution in [2.24, 2.45) is 0 Å². The van der Waals surface area contributed by atoms with Crippen LogP contribution in [0.25, 0.3) is 6.08 Å². The van der Waals surface area contributed by atoms with Crippen molar-refractivity contribution in [3.8, 4) is 0 Å². The van der Waals surface area contributed by atoms with Crippen LogP contribution in [0.4, 0.5) is 5.69 Å². The van der Waals surface area contributed by atoms with Gasteiger partial charge in [0.25, 0.3) is 5.69 Å². The van der Waals surface area contributed by atoms with Crippen molar-refractivity contribution in [2.75, 3.05) is 26.2 Å². The molecule has 2 aromatic carbocycles. The van der Waals surface area contributed by atoms with Gasteiger partial charge in [0.15, 0.2) is 0 Å². The molecule has 31 heavy (non-hydrogen) atoms. The largest absolute Gasteiger partial charge is 0.339 e. The molecule has 1 heterocycles. The maximum Gasteiger partial charge on any atom is 0.283 e. The molecule has 1 fully saturated rings. The number of nitrogens with zero attached hydrogens (tertiary/aromatic N) is 3. The van der Waals surface area contributed by atoms with Crippen molar-refractivity contribution in [1.82, 2.24) is 9.80 Å². The van der Waals surface area contributed by atoms with Crippen molar-refractivity contribution in [3.63, 3.8) is 0 Å². The van der Waals surface area contributed by atoms with E-state index in [0.717, 1.165) is 10.5 Å². The number of hydrogen-bond donors (Lipinski definition) is 0.